The molecule has 0 unspecified atom stereocenters. The number of imidazole rings is 1. The molecule has 0 N–H and O–H groups in total. The van der Waals surface area contributed by atoms with Crippen LogP contribution >= 0.6 is 0 Å². The zero-order valence-electron chi connectivity index (χ0n) is 15.6. The fourth-order valence-electron chi connectivity index (χ4n) is 3.29. The lowest BCUT2D eigenvalue weighted by Crippen LogP contribution is -2.02. The van der Waals surface area contributed by atoms with Crippen molar-refractivity contribution >= 4 is 22.8 Å². The maximum Gasteiger partial charge on any atom is 0.162 e. The summed E-state index contributed by atoms with van der Waals surface area (Å²) >= 11 is 0. The number of hydrogen-bond acceptors (Lipinski definition) is 4. The van der Waals surface area contributed by atoms with Crippen molar-refractivity contribution in [1.82, 2.24) is 29.1 Å². The Morgan fingerprint density at radius 3 is 2.73 bits per heavy atom. The van der Waals surface area contributed by atoms with Gasteiger partial charge in [0.1, 0.15) is 11.6 Å². The second-order valence-corrected chi connectivity index (χ2v) is 6.55. The maximum absolute atomic E-state index is 4.87. The highest BCUT2D eigenvalue weighted by Gasteiger charge is 2.13. The van der Waals surface area contributed by atoms with Gasteiger partial charge in [-0.3, -0.25) is 0 Å². The molecule has 0 amide bonds. The van der Waals surface area contributed by atoms with Gasteiger partial charge in [0.05, 0.1) is 11.0 Å². The zero-order valence-corrected chi connectivity index (χ0v) is 15.6. The second-order valence-electron chi connectivity index (χ2n) is 6.55. The van der Waals surface area contributed by atoms with Gasteiger partial charge in [0.2, 0.25) is 0 Å². The fraction of sp³-hybridized carbons (Fsp3) is 0.300. The topological polar surface area (TPSA) is 60.9 Å². The highest BCUT2D eigenvalue weighted by Crippen LogP contribution is 2.21. The number of rotatable bonds is 4. The fourth-order valence-corrected chi connectivity index (χ4v) is 3.29. The van der Waals surface area contributed by atoms with Crippen molar-refractivity contribution in [2.75, 3.05) is 0 Å². The summed E-state index contributed by atoms with van der Waals surface area (Å²) in [7, 11) is 2.07. The van der Waals surface area contributed by atoms with E-state index in [1.165, 1.54) is 0 Å². The number of fused-ring (bicyclic) bond motifs is 2. The van der Waals surface area contributed by atoms with Crippen LogP contribution in [-0.4, -0.2) is 29.1 Å². The van der Waals surface area contributed by atoms with Gasteiger partial charge in [-0.1, -0.05) is 24.3 Å². The molecule has 3 aromatic heterocycles. The van der Waals surface area contributed by atoms with Gasteiger partial charge in [-0.05, 0) is 26.8 Å². The van der Waals surface area contributed by atoms with E-state index in [-0.39, 0.29) is 0 Å². The molecule has 0 aliphatic carbocycles. The lowest BCUT2D eigenvalue weighted by molar-refractivity contribution is 0.748. The van der Waals surface area contributed by atoms with E-state index in [0.29, 0.717) is 0 Å². The van der Waals surface area contributed by atoms with Crippen LogP contribution in [0.25, 0.3) is 22.8 Å². The Balaban J connectivity index is 1.66. The summed E-state index contributed by atoms with van der Waals surface area (Å²) in [6.45, 7) is 5.98. The van der Waals surface area contributed by atoms with E-state index in [2.05, 4.69) is 51.0 Å². The SMILES string of the molecule is C/C=C\c1cccc2c1nc(CCc1nc3c(C)cnc(C)n3n1)n2C. The van der Waals surface area contributed by atoms with Crippen molar-refractivity contribution in [3.05, 3.63) is 59.1 Å². The van der Waals surface area contributed by atoms with Gasteiger partial charge in [-0.25, -0.2) is 15.0 Å². The minimum atomic E-state index is 0.747. The third-order valence-electron chi connectivity index (χ3n) is 4.71. The van der Waals surface area contributed by atoms with Gasteiger partial charge in [0, 0.05) is 37.2 Å². The molecule has 6 nitrogen and oxygen atoms in total. The van der Waals surface area contributed by atoms with Crippen LogP contribution in [0, 0.1) is 13.8 Å². The van der Waals surface area contributed by atoms with Crippen molar-refractivity contribution in [2.24, 2.45) is 7.05 Å². The average Bonchev–Trinajstić information content (AvgIpc) is 3.20. The summed E-state index contributed by atoms with van der Waals surface area (Å²) in [5.41, 5.74) is 5.26. The maximum atomic E-state index is 4.87. The van der Waals surface area contributed by atoms with Crippen molar-refractivity contribution in [1.29, 1.82) is 0 Å². The summed E-state index contributed by atoms with van der Waals surface area (Å²) in [6, 6.07) is 6.28. The molecule has 0 saturated heterocycles. The first kappa shape index (κ1) is 16.4. The summed E-state index contributed by atoms with van der Waals surface area (Å²) in [6.07, 6.45) is 7.53. The minimum absolute atomic E-state index is 0.747. The quantitative estimate of drug-likeness (QED) is 0.568. The van der Waals surface area contributed by atoms with E-state index >= 15 is 0 Å². The Bertz CT molecular complexity index is 1090. The van der Waals surface area contributed by atoms with Gasteiger partial charge in [0.15, 0.2) is 11.5 Å². The molecule has 0 bridgehead atoms. The molecule has 0 radical (unpaired) electrons. The van der Waals surface area contributed by atoms with Crippen LogP contribution in [-0.2, 0) is 19.9 Å². The Labute approximate surface area is 152 Å². The number of allylic oxidation sites excluding steroid dienone is 1. The molecule has 0 saturated carbocycles. The minimum Gasteiger partial charge on any atom is -0.331 e. The average molecular weight is 346 g/mol. The van der Waals surface area contributed by atoms with Gasteiger partial charge in [-0.2, -0.15) is 4.52 Å². The Morgan fingerprint density at radius 2 is 1.96 bits per heavy atom. The molecule has 0 atom stereocenters. The molecule has 26 heavy (non-hydrogen) atoms. The zero-order chi connectivity index (χ0) is 18.3. The summed E-state index contributed by atoms with van der Waals surface area (Å²) in [5, 5.41) is 4.61. The number of hydrogen-bond donors (Lipinski definition) is 0. The molecule has 0 spiro atoms. The van der Waals surface area contributed by atoms with Gasteiger partial charge in [0.25, 0.3) is 0 Å². The number of benzene rings is 1. The molecule has 1 aromatic carbocycles. The largest absolute Gasteiger partial charge is 0.331 e. The van der Waals surface area contributed by atoms with E-state index in [0.717, 1.165) is 58.1 Å². The van der Waals surface area contributed by atoms with E-state index in [1.807, 2.05) is 37.6 Å². The summed E-state index contributed by atoms with van der Waals surface area (Å²) in [5.74, 6) is 2.72. The molecular formula is C20H22N6. The number of para-hydroxylation sites is 1. The molecule has 4 rings (SSSR count). The number of aryl methyl sites for hydroxylation is 5. The second kappa shape index (κ2) is 6.37. The predicted octanol–water partition coefficient (Wildman–Crippen LogP) is 3.45. The van der Waals surface area contributed by atoms with Crippen molar-refractivity contribution in [3.63, 3.8) is 0 Å². The number of nitrogens with zero attached hydrogens (tertiary/aromatic N) is 6. The first-order valence-corrected chi connectivity index (χ1v) is 8.83. The molecule has 0 fully saturated rings. The highest BCUT2D eigenvalue weighted by atomic mass is 15.3. The van der Waals surface area contributed by atoms with Gasteiger partial charge in [-0.15, -0.1) is 5.10 Å². The monoisotopic (exact) mass is 346 g/mol. The van der Waals surface area contributed by atoms with Gasteiger partial charge < -0.3 is 4.57 Å². The highest BCUT2D eigenvalue weighted by molar-refractivity contribution is 5.85. The van der Waals surface area contributed by atoms with Crippen molar-refractivity contribution in [3.8, 4) is 0 Å². The Kier molecular flexibility index (Phi) is 4.03. The van der Waals surface area contributed by atoms with E-state index in [9.17, 15) is 0 Å². The van der Waals surface area contributed by atoms with Crippen LogP contribution in [0.3, 0.4) is 0 Å². The van der Waals surface area contributed by atoms with E-state index < -0.39 is 0 Å². The molecule has 0 aliphatic rings. The van der Waals surface area contributed by atoms with Crippen molar-refractivity contribution in [2.45, 2.75) is 33.6 Å². The first-order chi connectivity index (χ1) is 12.6. The molecule has 132 valence electrons. The van der Waals surface area contributed by atoms with Crippen LogP contribution in [0.4, 0.5) is 0 Å². The Morgan fingerprint density at radius 1 is 1.12 bits per heavy atom. The van der Waals surface area contributed by atoms with Crippen LogP contribution in [0.5, 0.6) is 0 Å². The molecule has 6 heteroatoms. The van der Waals surface area contributed by atoms with Crippen molar-refractivity contribution < 1.29 is 0 Å². The third-order valence-corrected chi connectivity index (χ3v) is 4.71. The van der Waals surface area contributed by atoms with Crippen LogP contribution < -0.4 is 0 Å². The lowest BCUT2D eigenvalue weighted by atomic mass is 10.2. The van der Waals surface area contributed by atoms with Crippen LogP contribution in [0.15, 0.2) is 30.5 Å². The van der Waals surface area contributed by atoms with E-state index in [4.69, 9.17) is 4.98 Å². The third kappa shape index (κ3) is 2.67. The Hall–Kier alpha value is -3.02. The van der Waals surface area contributed by atoms with Crippen LogP contribution in [0.2, 0.25) is 0 Å². The molecule has 3 heterocycles. The lowest BCUT2D eigenvalue weighted by Gasteiger charge is -2.00. The standard InChI is InChI=1S/C20H22N6/c1-5-7-15-8-6-9-16-19(15)23-18(25(16)4)11-10-17-22-20-13(2)12-21-14(3)26(20)24-17/h5-9,12H,10-11H2,1-4H3/b7-5-. The normalized spacial score (nSPS) is 12.0. The smallest absolute Gasteiger partial charge is 0.162 e. The first-order valence-electron chi connectivity index (χ1n) is 8.83. The molecule has 0 aliphatic heterocycles. The predicted molar refractivity (Wildman–Crippen MR) is 103 cm³/mol. The molecule has 4 aromatic rings. The van der Waals surface area contributed by atoms with E-state index in [1.54, 1.807) is 0 Å². The summed E-state index contributed by atoms with van der Waals surface area (Å²) in [4.78, 5) is 13.9. The van der Waals surface area contributed by atoms with Crippen LogP contribution in [0.1, 0.15) is 35.5 Å². The number of aromatic nitrogens is 6. The summed E-state index contributed by atoms with van der Waals surface area (Å²) < 4.78 is 3.99. The van der Waals surface area contributed by atoms with Gasteiger partial charge >= 0.3 is 0 Å². The molecular weight excluding hydrogens is 324 g/mol.